The Morgan fingerprint density at radius 1 is 1.07 bits per heavy atom. The van der Waals surface area contributed by atoms with E-state index in [1.54, 1.807) is 6.20 Å². The maximum Gasteiger partial charge on any atom is 0.256 e. The predicted octanol–water partition coefficient (Wildman–Crippen LogP) is 4.55. The third-order valence-electron chi connectivity index (χ3n) is 10.3. The van der Waals surface area contributed by atoms with Crippen LogP contribution >= 0.6 is 0 Å². The summed E-state index contributed by atoms with van der Waals surface area (Å²) in [7, 11) is 0. The number of piperidine rings is 1. The fourth-order valence-electron chi connectivity index (χ4n) is 7.47. The quantitative estimate of drug-likeness (QED) is 0.494. The van der Waals surface area contributed by atoms with Gasteiger partial charge in [0.2, 0.25) is 5.91 Å². The van der Waals surface area contributed by atoms with Gasteiger partial charge in [-0.3, -0.25) is 14.4 Å². The van der Waals surface area contributed by atoms with Crippen molar-refractivity contribution in [2.45, 2.75) is 90.8 Å². The number of likely N-dealkylation sites (tertiary alicyclic amines) is 1. The van der Waals surface area contributed by atoms with E-state index in [2.05, 4.69) is 19.2 Å². The van der Waals surface area contributed by atoms with Gasteiger partial charge in [0.25, 0.3) is 11.5 Å². The lowest BCUT2D eigenvalue weighted by Crippen LogP contribution is -2.61. The molecule has 2 saturated heterocycles. The number of pyridine rings is 1. The third-order valence-corrected chi connectivity index (χ3v) is 10.3. The van der Waals surface area contributed by atoms with Gasteiger partial charge in [0.05, 0.1) is 17.7 Å². The molecule has 1 saturated carbocycles. The van der Waals surface area contributed by atoms with Gasteiger partial charge in [-0.2, -0.15) is 0 Å². The summed E-state index contributed by atoms with van der Waals surface area (Å²) in [4.78, 5) is 44.7. The van der Waals surface area contributed by atoms with Gasteiger partial charge in [-0.25, -0.2) is 0 Å². The second-order valence-corrected chi connectivity index (χ2v) is 14.1. The van der Waals surface area contributed by atoms with Crippen LogP contribution in [0.4, 0.5) is 0 Å². The summed E-state index contributed by atoms with van der Waals surface area (Å²) in [5, 5.41) is 15.5. The van der Waals surface area contributed by atoms with Gasteiger partial charge in [0.1, 0.15) is 0 Å². The minimum Gasteiger partial charge on any atom is -0.387 e. The zero-order valence-electron chi connectivity index (χ0n) is 26.5. The summed E-state index contributed by atoms with van der Waals surface area (Å²) in [6, 6.07) is 11.3. The molecule has 3 aliphatic rings. The minimum atomic E-state index is -1.22. The van der Waals surface area contributed by atoms with Gasteiger partial charge in [0.15, 0.2) is 0 Å². The fourth-order valence-corrected chi connectivity index (χ4v) is 7.47. The average Bonchev–Trinajstić information content (AvgIpc) is 2.99. The molecule has 3 fully saturated rings. The summed E-state index contributed by atoms with van der Waals surface area (Å²) in [5.74, 6) is 0.664. The predicted molar refractivity (Wildman–Crippen MR) is 170 cm³/mol. The van der Waals surface area contributed by atoms with Crippen LogP contribution in [0.5, 0.6) is 0 Å². The Morgan fingerprint density at radius 3 is 2.47 bits per heavy atom. The molecular formula is C35H50N4O4. The zero-order valence-corrected chi connectivity index (χ0v) is 26.5. The number of hydrogen-bond acceptors (Lipinski definition) is 5. The number of rotatable bonds is 7. The number of piperazine rings is 1. The monoisotopic (exact) mass is 590 g/mol. The van der Waals surface area contributed by atoms with Crippen molar-refractivity contribution in [2.75, 3.05) is 32.7 Å². The van der Waals surface area contributed by atoms with Crippen LogP contribution in [-0.4, -0.2) is 75.7 Å². The lowest BCUT2D eigenvalue weighted by Gasteiger charge is -2.51. The number of carbonyl (C=O) groups is 2. The Labute approximate surface area is 256 Å². The van der Waals surface area contributed by atoms with E-state index in [1.807, 2.05) is 54.0 Å². The Balaban J connectivity index is 1.37. The first-order chi connectivity index (χ1) is 20.5. The van der Waals surface area contributed by atoms with E-state index in [9.17, 15) is 19.5 Å². The second-order valence-electron chi connectivity index (χ2n) is 14.1. The van der Waals surface area contributed by atoms with Crippen molar-refractivity contribution in [3.63, 3.8) is 0 Å². The van der Waals surface area contributed by atoms with Crippen LogP contribution in [-0.2, 0) is 11.3 Å². The van der Waals surface area contributed by atoms with Crippen LogP contribution in [0.25, 0.3) is 11.1 Å². The molecule has 1 aromatic heterocycles. The highest BCUT2D eigenvalue weighted by atomic mass is 16.3. The van der Waals surface area contributed by atoms with E-state index < -0.39 is 11.0 Å². The molecule has 2 aliphatic heterocycles. The highest BCUT2D eigenvalue weighted by Gasteiger charge is 2.49. The number of carbonyl (C=O) groups excluding carboxylic acids is 2. The van der Waals surface area contributed by atoms with E-state index in [1.165, 1.54) is 42.7 Å². The molecule has 0 spiro atoms. The topological polar surface area (TPSA) is 94.9 Å². The second kappa shape index (κ2) is 12.9. The summed E-state index contributed by atoms with van der Waals surface area (Å²) < 4.78 is 1.51. The number of aromatic nitrogens is 1. The van der Waals surface area contributed by atoms with Crippen LogP contribution in [0.15, 0.2) is 47.4 Å². The standard InChI is InChI=1S/C35H50N4O4/c1-25(19-27-11-7-5-8-12-27)32(41)38-17-15-35(43,34(3,4)23-38)24-39-22-30(33(42)37-18-16-36-26(2)21-37)29(20-31(39)40)28-13-9-6-10-14-28/h6,9-10,13-14,20,22,25-27,36,43H,5,7-8,11-12,15-19,21,23-24H2,1-4H3/t25-,26-,35-/m1/s1. The smallest absolute Gasteiger partial charge is 0.256 e. The Bertz CT molecular complexity index is 1350. The Kier molecular flexibility index (Phi) is 9.47. The molecule has 0 radical (unpaired) electrons. The summed E-state index contributed by atoms with van der Waals surface area (Å²) in [5.41, 5.74) is -0.249. The molecule has 1 aliphatic carbocycles. The maximum absolute atomic E-state index is 13.9. The van der Waals surface area contributed by atoms with Gasteiger partial charge in [-0.1, -0.05) is 83.2 Å². The Morgan fingerprint density at radius 2 is 1.79 bits per heavy atom. The van der Waals surface area contributed by atoms with Gasteiger partial charge < -0.3 is 24.8 Å². The number of nitrogens with one attached hydrogen (secondary N) is 1. The first-order valence-corrected chi connectivity index (χ1v) is 16.3. The molecule has 3 heterocycles. The number of benzene rings is 1. The highest BCUT2D eigenvalue weighted by molar-refractivity contribution is 6.00. The molecule has 2 N–H and O–H groups in total. The largest absolute Gasteiger partial charge is 0.387 e. The molecule has 0 bridgehead atoms. The number of nitrogens with zero attached hydrogens (tertiary/aromatic N) is 3. The van der Waals surface area contributed by atoms with Crippen LogP contribution in [0.2, 0.25) is 0 Å². The number of aliphatic hydroxyl groups is 1. The lowest BCUT2D eigenvalue weighted by atomic mass is 9.69. The average molecular weight is 591 g/mol. The molecule has 43 heavy (non-hydrogen) atoms. The van der Waals surface area contributed by atoms with Crippen LogP contribution in [0.3, 0.4) is 0 Å². The van der Waals surface area contributed by atoms with Gasteiger partial charge in [0, 0.05) is 67.9 Å². The van der Waals surface area contributed by atoms with E-state index in [0.29, 0.717) is 49.6 Å². The normalized spacial score (nSPS) is 25.4. The SMILES string of the molecule is C[C@@H]1CN(C(=O)c2cn(C[C@]3(O)CCN(C(=O)[C@H](C)CC4CCCCC4)CC3(C)C)c(=O)cc2-c2ccccc2)CCN1. The number of hydrogen-bond donors (Lipinski definition) is 2. The first-order valence-electron chi connectivity index (χ1n) is 16.3. The van der Waals surface area contributed by atoms with E-state index >= 15 is 0 Å². The van der Waals surface area contributed by atoms with E-state index in [0.717, 1.165) is 18.5 Å². The molecule has 8 nitrogen and oxygen atoms in total. The summed E-state index contributed by atoms with van der Waals surface area (Å²) in [6.45, 7) is 10.9. The van der Waals surface area contributed by atoms with E-state index in [4.69, 9.17) is 0 Å². The maximum atomic E-state index is 13.9. The van der Waals surface area contributed by atoms with Crippen molar-refractivity contribution in [1.82, 2.24) is 19.7 Å². The Hall–Kier alpha value is -2.97. The lowest BCUT2D eigenvalue weighted by molar-refractivity contribution is -0.157. The van der Waals surface area contributed by atoms with Gasteiger partial charge in [-0.05, 0) is 31.2 Å². The third kappa shape index (κ3) is 6.91. The molecule has 1 aromatic carbocycles. The molecule has 0 unspecified atom stereocenters. The van der Waals surface area contributed by atoms with Crippen molar-refractivity contribution in [1.29, 1.82) is 0 Å². The van der Waals surface area contributed by atoms with Crippen LogP contribution in [0, 0.1) is 17.3 Å². The van der Waals surface area contributed by atoms with Crippen LogP contribution < -0.4 is 10.9 Å². The zero-order chi connectivity index (χ0) is 30.8. The summed E-state index contributed by atoms with van der Waals surface area (Å²) >= 11 is 0. The molecule has 3 atom stereocenters. The molecule has 2 amide bonds. The van der Waals surface area contributed by atoms with Crippen molar-refractivity contribution in [3.05, 3.63) is 58.5 Å². The van der Waals surface area contributed by atoms with Crippen molar-refractivity contribution < 1.29 is 14.7 Å². The first kappa shape index (κ1) is 31.5. The number of amides is 2. The summed E-state index contributed by atoms with van der Waals surface area (Å²) in [6.07, 6.45) is 9.24. The fraction of sp³-hybridized carbons (Fsp3) is 0.629. The molecule has 8 heteroatoms. The van der Waals surface area contributed by atoms with Gasteiger partial charge in [-0.15, -0.1) is 0 Å². The minimum absolute atomic E-state index is 0.0282. The van der Waals surface area contributed by atoms with Crippen molar-refractivity contribution in [2.24, 2.45) is 17.3 Å². The molecule has 234 valence electrons. The molecule has 2 aromatic rings. The highest BCUT2D eigenvalue weighted by Crippen LogP contribution is 2.41. The van der Waals surface area contributed by atoms with Crippen molar-refractivity contribution in [3.8, 4) is 11.1 Å². The van der Waals surface area contributed by atoms with E-state index in [-0.39, 0.29) is 35.9 Å². The van der Waals surface area contributed by atoms with Gasteiger partial charge >= 0.3 is 0 Å². The molecule has 5 rings (SSSR count). The van der Waals surface area contributed by atoms with Crippen LogP contribution in [0.1, 0.15) is 83.0 Å². The van der Waals surface area contributed by atoms with Crippen molar-refractivity contribution >= 4 is 11.8 Å². The molecular weight excluding hydrogens is 540 g/mol.